The second-order valence-corrected chi connectivity index (χ2v) is 6.95. The Morgan fingerprint density at radius 2 is 1.64 bits per heavy atom. The van der Waals surface area contributed by atoms with Gasteiger partial charge in [0, 0.05) is 12.2 Å². The van der Waals surface area contributed by atoms with Crippen LogP contribution in [0, 0.1) is 0 Å². The van der Waals surface area contributed by atoms with Crippen molar-refractivity contribution in [3.05, 3.63) is 22.3 Å². The lowest BCUT2D eigenvalue weighted by atomic mass is 9.75. The van der Waals surface area contributed by atoms with Gasteiger partial charge in [0.25, 0.3) is 5.78 Å². The first-order chi connectivity index (χ1) is 11.5. The number of carboxylic acids is 2. The molecule has 0 saturated carbocycles. The van der Waals surface area contributed by atoms with E-state index in [2.05, 4.69) is 0 Å². The zero-order chi connectivity index (χ0) is 19.5. The number of carboxylic acid groups (broad SMARTS) is 2. The number of rotatable bonds is 7. The lowest BCUT2D eigenvalue weighted by Gasteiger charge is -2.38. The average Bonchev–Trinajstić information content (AvgIpc) is 2.52. The number of allylic oxidation sites excluding steroid dienone is 2. The number of hydrogen-bond donors (Lipinski definition) is 2. The van der Waals surface area contributed by atoms with E-state index < -0.39 is 33.2 Å². The third-order valence-electron chi connectivity index (χ3n) is 3.89. The molecule has 25 heavy (non-hydrogen) atoms. The van der Waals surface area contributed by atoms with E-state index >= 15 is 0 Å². The number of hydrogen-bond acceptors (Lipinski definition) is 6. The van der Waals surface area contributed by atoms with Gasteiger partial charge in [0.1, 0.15) is 6.10 Å². The highest BCUT2D eigenvalue weighted by molar-refractivity contribution is 14.1. The van der Waals surface area contributed by atoms with Crippen LogP contribution < -0.4 is 0 Å². The summed E-state index contributed by atoms with van der Waals surface area (Å²) >= 11 is 1.47. The highest BCUT2D eigenvalue weighted by Gasteiger charge is 2.57. The third kappa shape index (κ3) is 3.61. The largest absolute Gasteiger partial charge is 0.480 e. The minimum atomic E-state index is -2.07. The third-order valence-corrected chi connectivity index (χ3v) is 5.46. The quantitative estimate of drug-likeness (QED) is 0.250. The van der Waals surface area contributed by atoms with Gasteiger partial charge in [0.2, 0.25) is 0 Å². The molecule has 1 aliphatic rings. The molecule has 138 valence electrons. The number of esters is 1. The molecule has 0 aromatic carbocycles. The maximum Gasteiger partial charge on any atom is 0.379 e. The van der Waals surface area contributed by atoms with Crippen molar-refractivity contribution < 1.29 is 38.9 Å². The van der Waals surface area contributed by atoms with Crippen LogP contribution in [-0.4, -0.2) is 56.6 Å². The van der Waals surface area contributed by atoms with E-state index in [-0.39, 0.29) is 35.5 Å². The zero-order valence-corrected chi connectivity index (χ0v) is 16.4. The van der Waals surface area contributed by atoms with Gasteiger partial charge in [-0.05, 0) is 38.8 Å². The van der Waals surface area contributed by atoms with Crippen molar-refractivity contribution >= 4 is 46.3 Å². The number of halogens is 1. The highest BCUT2D eigenvalue weighted by atomic mass is 127. The lowest BCUT2D eigenvalue weighted by Crippen LogP contribution is -2.54. The molecule has 0 fully saturated rings. The minimum Gasteiger partial charge on any atom is -0.480 e. The molecule has 0 spiro atoms. The maximum atomic E-state index is 12.6. The van der Waals surface area contributed by atoms with E-state index in [4.69, 9.17) is 9.47 Å². The summed E-state index contributed by atoms with van der Waals surface area (Å²) in [6.07, 6.45) is -1.44. The Morgan fingerprint density at radius 3 is 2.04 bits per heavy atom. The fraction of sp³-hybridized carbons (Fsp3) is 0.500. The van der Waals surface area contributed by atoms with E-state index in [0.717, 1.165) is 0 Å². The summed E-state index contributed by atoms with van der Waals surface area (Å²) in [5.41, 5.74) is -0.285. The van der Waals surface area contributed by atoms with Gasteiger partial charge in [-0.1, -0.05) is 22.6 Å². The summed E-state index contributed by atoms with van der Waals surface area (Å²) in [6.45, 7) is 5.91. The van der Waals surface area contributed by atoms with Crippen molar-refractivity contribution in [3.63, 3.8) is 0 Å². The predicted octanol–water partition coefficient (Wildman–Crippen LogP) is 1.51. The molecular formula is C16H19IO8. The molecule has 2 atom stereocenters. The Bertz CT molecular complexity index is 690. The van der Waals surface area contributed by atoms with Gasteiger partial charge in [0.15, 0.2) is 3.42 Å². The summed E-state index contributed by atoms with van der Waals surface area (Å²) in [4.78, 5) is 48.2. The fourth-order valence-corrected chi connectivity index (χ4v) is 3.82. The van der Waals surface area contributed by atoms with Crippen LogP contribution in [0.2, 0.25) is 0 Å². The van der Waals surface area contributed by atoms with Crippen molar-refractivity contribution in [1.29, 1.82) is 0 Å². The first-order valence-corrected chi connectivity index (χ1v) is 8.54. The molecule has 0 aromatic heterocycles. The van der Waals surface area contributed by atoms with Crippen molar-refractivity contribution in [3.8, 4) is 0 Å². The minimum absolute atomic E-state index is 0.0205. The first-order valence-electron chi connectivity index (χ1n) is 7.46. The molecule has 0 heterocycles. The first kappa shape index (κ1) is 21.3. The second-order valence-electron chi connectivity index (χ2n) is 5.25. The van der Waals surface area contributed by atoms with Crippen LogP contribution in [0.1, 0.15) is 27.7 Å². The summed E-state index contributed by atoms with van der Waals surface area (Å²) in [5.74, 6) is -5.14. The summed E-state index contributed by atoms with van der Waals surface area (Å²) in [7, 11) is 0. The second kappa shape index (κ2) is 8.09. The number of ether oxygens (including phenoxy) is 2. The Kier molecular flexibility index (Phi) is 6.89. The Labute approximate surface area is 158 Å². The van der Waals surface area contributed by atoms with E-state index in [9.17, 15) is 29.4 Å². The van der Waals surface area contributed by atoms with Crippen molar-refractivity contribution in [2.24, 2.45) is 0 Å². The van der Waals surface area contributed by atoms with Gasteiger partial charge in [-0.3, -0.25) is 9.59 Å². The Hall–Kier alpha value is -1.75. The number of carbonyl (C=O) groups excluding carboxylic acids is 2. The van der Waals surface area contributed by atoms with Crippen LogP contribution in [0.5, 0.6) is 0 Å². The van der Waals surface area contributed by atoms with E-state index in [0.29, 0.717) is 0 Å². The molecule has 2 unspecified atom stereocenters. The molecule has 0 amide bonds. The number of alkyl halides is 1. The number of ketones is 1. The van der Waals surface area contributed by atoms with Crippen LogP contribution in [-0.2, 0) is 28.7 Å². The lowest BCUT2D eigenvalue weighted by molar-refractivity contribution is -0.152. The fourth-order valence-electron chi connectivity index (χ4n) is 2.68. The van der Waals surface area contributed by atoms with Gasteiger partial charge >= 0.3 is 17.9 Å². The SMILES string of the molecule is CCOC(=O)C(=O)C1=C(C)C(C)=C(C(=O)O)C(OCC)C1(I)C(=O)O. The number of Topliss-reactive ketones (excluding diaryl/α,β-unsaturated/α-hetero) is 1. The molecule has 2 N–H and O–H groups in total. The topological polar surface area (TPSA) is 127 Å². The molecule has 8 nitrogen and oxygen atoms in total. The normalized spacial score (nSPS) is 23.5. The molecule has 1 aliphatic carbocycles. The van der Waals surface area contributed by atoms with Gasteiger partial charge in [-0.15, -0.1) is 0 Å². The van der Waals surface area contributed by atoms with Crippen molar-refractivity contribution in [1.82, 2.24) is 0 Å². The molecule has 0 aromatic rings. The molecule has 1 rings (SSSR count). The molecular weight excluding hydrogens is 447 g/mol. The van der Waals surface area contributed by atoms with Crippen LogP contribution in [0.25, 0.3) is 0 Å². The molecule has 0 aliphatic heterocycles. The Balaban J connectivity index is 3.79. The molecule has 9 heteroatoms. The standard InChI is InChI=1S/C16H19IO8/c1-5-24-12-9(13(19)20)7(3)8(4)10(16(12,17)15(22)23)11(18)14(21)25-6-2/h12H,5-6H2,1-4H3,(H,19,20)(H,22,23). The number of carbonyl (C=O) groups is 4. The average molecular weight is 466 g/mol. The predicted molar refractivity (Wildman–Crippen MR) is 94.5 cm³/mol. The van der Waals surface area contributed by atoms with E-state index in [1.807, 2.05) is 0 Å². The van der Waals surface area contributed by atoms with Gasteiger partial charge in [-0.25, -0.2) is 9.59 Å². The number of aliphatic carboxylic acids is 2. The van der Waals surface area contributed by atoms with Crippen LogP contribution >= 0.6 is 22.6 Å². The van der Waals surface area contributed by atoms with Crippen LogP contribution in [0.4, 0.5) is 0 Å². The smallest absolute Gasteiger partial charge is 0.379 e. The molecule has 0 saturated heterocycles. The van der Waals surface area contributed by atoms with Crippen LogP contribution in [0.15, 0.2) is 22.3 Å². The highest BCUT2D eigenvalue weighted by Crippen LogP contribution is 2.46. The zero-order valence-electron chi connectivity index (χ0n) is 14.2. The summed E-state index contributed by atoms with van der Waals surface area (Å²) in [5, 5.41) is 19.3. The van der Waals surface area contributed by atoms with Gasteiger partial charge in [0.05, 0.1) is 12.2 Å². The molecule has 0 bridgehead atoms. The Morgan fingerprint density at radius 1 is 1.08 bits per heavy atom. The maximum absolute atomic E-state index is 12.6. The van der Waals surface area contributed by atoms with E-state index in [1.54, 1.807) is 6.92 Å². The molecule has 0 radical (unpaired) electrons. The van der Waals surface area contributed by atoms with Crippen molar-refractivity contribution in [2.75, 3.05) is 13.2 Å². The van der Waals surface area contributed by atoms with Gasteiger partial charge < -0.3 is 19.7 Å². The van der Waals surface area contributed by atoms with Gasteiger partial charge in [-0.2, -0.15) is 0 Å². The van der Waals surface area contributed by atoms with E-state index in [1.165, 1.54) is 43.4 Å². The van der Waals surface area contributed by atoms with Crippen molar-refractivity contribution in [2.45, 2.75) is 37.2 Å². The van der Waals surface area contributed by atoms with Crippen LogP contribution in [0.3, 0.4) is 0 Å². The summed E-state index contributed by atoms with van der Waals surface area (Å²) in [6, 6.07) is 0. The monoisotopic (exact) mass is 466 g/mol. The summed E-state index contributed by atoms with van der Waals surface area (Å²) < 4.78 is 8.02.